The van der Waals surface area contributed by atoms with E-state index in [2.05, 4.69) is 205 Å². The summed E-state index contributed by atoms with van der Waals surface area (Å²) in [5.74, 6) is 0. The molecule has 0 bridgehead atoms. The number of nitrogens with zero attached hydrogens (tertiary/aromatic N) is 1. The molecule has 0 atom stereocenters. The van der Waals surface area contributed by atoms with Crippen LogP contribution in [0.5, 0.6) is 0 Å². The highest BCUT2D eigenvalue weighted by Gasteiger charge is 2.24. The highest BCUT2D eigenvalue weighted by molar-refractivity contribution is 6.24. The zero-order valence-electron chi connectivity index (χ0n) is 28.0. The summed E-state index contributed by atoms with van der Waals surface area (Å²) in [5, 5.41) is 12.4. The summed E-state index contributed by atoms with van der Waals surface area (Å²) in [4.78, 5) is 2.49. The fraction of sp³-hybridized carbons (Fsp3) is 0. The smallest absolute Gasteiger partial charge is 0.0625 e. The number of hydrogen-bond donors (Lipinski definition) is 0. The molecule has 0 amide bonds. The van der Waals surface area contributed by atoms with Crippen molar-refractivity contribution in [3.05, 3.63) is 200 Å². The van der Waals surface area contributed by atoms with Crippen molar-refractivity contribution in [1.29, 1.82) is 0 Å². The Hall–Kier alpha value is -6.70. The minimum atomic E-state index is 1.11. The van der Waals surface area contributed by atoms with Gasteiger partial charge in [0.2, 0.25) is 0 Å². The molecule has 1 nitrogen and oxygen atoms in total. The Bertz CT molecular complexity index is 2910. The van der Waals surface area contributed by atoms with Gasteiger partial charge in [0.1, 0.15) is 0 Å². The average molecular weight is 648 g/mol. The van der Waals surface area contributed by atoms with E-state index in [1.807, 2.05) is 0 Å². The molecule has 10 rings (SSSR count). The summed E-state index contributed by atoms with van der Waals surface area (Å²) in [6.45, 7) is 0. The van der Waals surface area contributed by atoms with E-state index < -0.39 is 0 Å². The van der Waals surface area contributed by atoms with Gasteiger partial charge in [-0.15, -0.1) is 0 Å². The zero-order chi connectivity index (χ0) is 33.7. The minimum absolute atomic E-state index is 1.11. The lowest BCUT2D eigenvalue weighted by Gasteiger charge is -2.31. The molecular formula is C50H33N. The van der Waals surface area contributed by atoms with E-state index in [1.165, 1.54) is 81.8 Å². The molecule has 1 heteroatoms. The van der Waals surface area contributed by atoms with Crippen LogP contribution in [0.4, 0.5) is 17.1 Å². The predicted octanol–water partition coefficient (Wildman–Crippen LogP) is 14.3. The van der Waals surface area contributed by atoms with E-state index in [0.29, 0.717) is 0 Å². The normalized spacial score (nSPS) is 11.5. The Morgan fingerprint density at radius 1 is 0.275 bits per heavy atom. The quantitative estimate of drug-likeness (QED) is 0.168. The molecule has 0 heterocycles. The van der Waals surface area contributed by atoms with Crippen molar-refractivity contribution in [1.82, 2.24) is 0 Å². The van der Waals surface area contributed by atoms with Crippen molar-refractivity contribution >= 4 is 70.9 Å². The van der Waals surface area contributed by atoms with Crippen LogP contribution in [0.25, 0.3) is 76.1 Å². The van der Waals surface area contributed by atoms with E-state index in [9.17, 15) is 0 Å². The van der Waals surface area contributed by atoms with E-state index in [-0.39, 0.29) is 0 Å². The summed E-state index contributed by atoms with van der Waals surface area (Å²) < 4.78 is 0. The maximum atomic E-state index is 2.49. The average Bonchev–Trinajstić information content (AvgIpc) is 3.21. The Kier molecular flexibility index (Phi) is 6.89. The molecule has 0 radical (unpaired) electrons. The van der Waals surface area contributed by atoms with Gasteiger partial charge < -0.3 is 4.90 Å². The molecule has 0 aromatic heterocycles. The first-order chi connectivity index (χ1) is 25.3. The van der Waals surface area contributed by atoms with Gasteiger partial charge in [0.25, 0.3) is 0 Å². The molecule has 0 aliphatic heterocycles. The molecule has 51 heavy (non-hydrogen) atoms. The van der Waals surface area contributed by atoms with Crippen molar-refractivity contribution in [2.24, 2.45) is 0 Å². The van der Waals surface area contributed by atoms with Crippen LogP contribution in [0.1, 0.15) is 0 Å². The molecule has 0 fully saturated rings. The van der Waals surface area contributed by atoms with Crippen LogP contribution < -0.4 is 4.90 Å². The Labute approximate surface area is 297 Å². The fourth-order valence-electron chi connectivity index (χ4n) is 7.97. The molecule has 0 aliphatic carbocycles. The number of anilines is 3. The SMILES string of the molecule is c1ccc2cc(-c3ccc(N(c4ccc5ccccc5c4)c4c(-c5cccc6ccccc56)c5ccccc5c5ccccc45)cc3)ccc2c1. The first-order valence-electron chi connectivity index (χ1n) is 17.6. The molecule has 0 saturated heterocycles. The van der Waals surface area contributed by atoms with Gasteiger partial charge in [0.15, 0.2) is 0 Å². The van der Waals surface area contributed by atoms with Crippen LogP contribution in [0.15, 0.2) is 200 Å². The third kappa shape index (κ3) is 4.94. The van der Waals surface area contributed by atoms with Gasteiger partial charge in [-0.3, -0.25) is 0 Å². The lowest BCUT2D eigenvalue weighted by atomic mass is 9.88. The Morgan fingerprint density at radius 2 is 0.765 bits per heavy atom. The molecule has 0 unspecified atom stereocenters. The number of rotatable bonds is 5. The highest BCUT2D eigenvalue weighted by Crippen LogP contribution is 2.51. The second-order valence-corrected chi connectivity index (χ2v) is 13.3. The van der Waals surface area contributed by atoms with Gasteiger partial charge in [-0.2, -0.15) is 0 Å². The molecule has 10 aromatic carbocycles. The van der Waals surface area contributed by atoms with Crippen LogP contribution in [-0.2, 0) is 0 Å². The van der Waals surface area contributed by atoms with Gasteiger partial charge >= 0.3 is 0 Å². The molecule has 10 aromatic rings. The molecule has 238 valence electrons. The summed E-state index contributed by atoms with van der Waals surface area (Å²) in [5.41, 5.74) is 8.27. The lowest BCUT2D eigenvalue weighted by Crippen LogP contribution is -2.12. The van der Waals surface area contributed by atoms with Gasteiger partial charge in [-0.05, 0) is 95.5 Å². The van der Waals surface area contributed by atoms with E-state index >= 15 is 0 Å². The van der Waals surface area contributed by atoms with Crippen LogP contribution in [0.2, 0.25) is 0 Å². The van der Waals surface area contributed by atoms with Crippen LogP contribution >= 0.6 is 0 Å². The number of benzene rings is 10. The van der Waals surface area contributed by atoms with Crippen molar-refractivity contribution in [3.63, 3.8) is 0 Å². The number of fused-ring (bicyclic) bond motifs is 6. The van der Waals surface area contributed by atoms with Gasteiger partial charge in [-0.25, -0.2) is 0 Å². The fourth-order valence-corrected chi connectivity index (χ4v) is 7.97. The molecule has 0 aliphatic rings. The van der Waals surface area contributed by atoms with Crippen molar-refractivity contribution < 1.29 is 0 Å². The molecular weight excluding hydrogens is 615 g/mol. The molecule has 0 N–H and O–H groups in total. The van der Waals surface area contributed by atoms with E-state index in [1.54, 1.807) is 0 Å². The minimum Gasteiger partial charge on any atom is -0.309 e. The third-order valence-electron chi connectivity index (χ3n) is 10.4. The molecule has 0 spiro atoms. The van der Waals surface area contributed by atoms with Crippen molar-refractivity contribution in [3.8, 4) is 22.3 Å². The maximum Gasteiger partial charge on any atom is 0.0625 e. The monoisotopic (exact) mass is 647 g/mol. The van der Waals surface area contributed by atoms with Gasteiger partial charge in [-0.1, -0.05) is 170 Å². The highest BCUT2D eigenvalue weighted by atomic mass is 15.1. The molecule has 0 saturated carbocycles. The second-order valence-electron chi connectivity index (χ2n) is 13.3. The second kappa shape index (κ2) is 12.0. The van der Waals surface area contributed by atoms with Crippen molar-refractivity contribution in [2.75, 3.05) is 4.90 Å². The van der Waals surface area contributed by atoms with Gasteiger partial charge in [0, 0.05) is 22.3 Å². The predicted molar refractivity (Wildman–Crippen MR) is 220 cm³/mol. The number of hydrogen-bond acceptors (Lipinski definition) is 1. The standard InChI is InChI=1S/C50H33N/c1-3-15-38-32-40(25-24-34(38)12-1)36-26-29-41(30-27-36)51(42-31-28-35-13-2-4-16-39(35)33-42)50-48-22-10-8-20-45(48)44-19-7-9-21-47(44)49(50)46-23-11-17-37-14-5-6-18-43(37)46/h1-33H. The lowest BCUT2D eigenvalue weighted by molar-refractivity contribution is 1.31. The van der Waals surface area contributed by atoms with Crippen LogP contribution in [0, 0.1) is 0 Å². The van der Waals surface area contributed by atoms with Crippen LogP contribution in [0.3, 0.4) is 0 Å². The van der Waals surface area contributed by atoms with E-state index in [0.717, 1.165) is 11.4 Å². The van der Waals surface area contributed by atoms with Crippen LogP contribution in [-0.4, -0.2) is 0 Å². The summed E-state index contributed by atoms with van der Waals surface area (Å²) >= 11 is 0. The largest absolute Gasteiger partial charge is 0.309 e. The van der Waals surface area contributed by atoms with E-state index in [4.69, 9.17) is 0 Å². The Balaban J connectivity index is 1.29. The third-order valence-corrected chi connectivity index (χ3v) is 10.4. The van der Waals surface area contributed by atoms with Gasteiger partial charge in [0.05, 0.1) is 5.69 Å². The zero-order valence-corrected chi connectivity index (χ0v) is 28.0. The summed E-state index contributed by atoms with van der Waals surface area (Å²) in [6, 6.07) is 73.2. The summed E-state index contributed by atoms with van der Waals surface area (Å²) in [6.07, 6.45) is 0. The first-order valence-corrected chi connectivity index (χ1v) is 17.6. The Morgan fingerprint density at radius 3 is 1.49 bits per heavy atom. The summed E-state index contributed by atoms with van der Waals surface area (Å²) in [7, 11) is 0. The first kappa shape index (κ1) is 29.2. The topological polar surface area (TPSA) is 3.24 Å². The maximum absolute atomic E-state index is 2.49. The van der Waals surface area contributed by atoms with Crippen molar-refractivity contribution in [2.45, 2.75) is 0 Å².